The first-order chi connectivity index (χ1) is 27.9. The van der Waals surface area contributed by atoms with Crippen LogP contribution in [-0.2, 0) is 28.9 Å². The Balaban J connectivity index is 0.839. The van der Waals surface area contributed by atoms with Gasteiger partial charge in [-0.2, -0.15) is 13.2 Å². The highest BCUT2D eigenvalue weighted by atomic mass is 19.4. The summed E-state index contributed by atoms with van der Waals surface area (Å²) in [5.41, 5.74) is 2.80. The van der Waals surface area contributed by atoms with Gasteiger partial charge in [-0.3, -0.25) is 34.4 Å². The minimum absolute atomic E-state index is 0.0493. The lowest BCUT2D eigenvalue weighted by molar-refractivity contribution is -0.141. The number of carbonyl (C=O) groups is 3. The van der Waals surface area contributed by atoms with Gasteiger partial charge in [0.05, 0.1) is 25.2 Å². The molecular formula is C42H46F3N7O6. The van der Waals surface area contributed by atoms with Crippen LogP contribution in [0.25, 0.3) is 21.9 Å². The van der Waals surface area contributed by atoms with E-state index in [4.69, 9.17) is 9.47 Å². The van der Waals surface area contributed by atoms with Crippen LogP contribution in [0.4, 0.5) is 18.9 Å². The SMILES string of the molecule is COc1cc(-c2c[nH]c(=O)c3cnc(C(F)(F)F)cc23)cc(OC)c1CN1CCN(CCC2CCN(c3ccc4c(c3)CN(C3CCC(=O)NC3=O)C4=O)CC2)CC1. The monoisotopic (exact) mass is 801 g/mol. The number of carbonyl (C=O) groups excluding carboxylic acids is 3. The summed E-state index contributed by atoms with van der Waals surface area (Å²) in [7, 11) is 3.10. The van der Waals surface area contributed by atoms with E-state index in [0.29, 0.717) is 53.6 Å². The summed E-state index contributed by atoms with van der Waals surface area (Å²) >= 11 is 0. The maximum Gasteiger partial charge on any atom is 0.433 e. The number of amides is 3. The van der Waals surface area contributed by atoms with Crippen LogP contribution in [0.5, 0.6) is 11.5 Å². The number of aromatic nitrogens is 2. The molecule has 0 aliphatic carbocycles. The van der Waals surface area contributed by atoms with E-state index in [0.717, 1.165) is 94.2 Å². The Morgan fingerprint density at radius 1 is 0.845 bits per heavy atom. The van der Waals surface area contributed by atoms with Crippen molar-refractivity contribution in [1.29, 1.82) is 0 Å². The van der Waals surface area contributed by atoms with Crippen LogP contribution in [0.2, 0.25) is 0 Å². The van der Waals surface area contributed by atoms with Crippen LogP contribution < -0.4 is 25.2 Å². The minimum Gasteiger partial charge on any atom is -0.496 e. The van der Waals surface area contributed by atoms with Crippen LogP contribution in [-0.4, -0.2) is 108 Å². The summed E-state index contributed by atoms with van der Waals surface area (Å²) in [4.78, 5) is 64.6. The normalized spacial score (nSPS) is 19.8. The van der Waals surface area contributed by atoms with Gasteiger partial charge in [0.1, 0.15) is 23.2 Å². The van der Waals surface area contributed by atoms with Crippen molar-refractivity contribution in [2.24, 2.45) is 5.92 Å². The first-order valence-corrected chi connectivity index (χ1v) is 19.7. The maximum atomic E-state index is 13.6. The number of anilines is 1. The molecule has 58 heavy (non-hydrogen) atoms. The Morgan fingerprint density at radius 3 is 2.22 bits per heavy atom. The lowest BCUT2D eigenvalue weighted by Crippen LogP contribution is -2.52. The van der Waals surface area contributed by atoms with Gasteiger partial charge in [0.25, 0.3) is 11.5 Å². The van der Waals surface area contributed by atoms with E-state index >= 15 is 0 Å². The van der Waals surface area contributed by atoms with Crippen molar-refractivity contribution in [3.63, 3.8) is 0 Å². The fourth-order valence-electron chi connectivity index (χ4n) is 8.84. The van der Waals surface area contributed by atoms with Crippen LogP contribution in [0.1, 0.15) is 59.3 Å². The summed E-state index contributed by atoms with van der Waals surface area (Å²) in [5.74, 6) is 0.845. The van der Waals surface area contributed by atoms with E-state index in [2.05, 4.69) is 36.1 Å². The highest BCUT2D eigenvalue weighted by Gasteiger charge is 2.39. The zero-order chi connectivity index (χ0) is 40.7. The van der Waals surface area contributed by atoms with Crippen molar-refractivity contribution in [2.45, 2.75) is 57.4 Å². The molecule has 3 fully saturated rings. The Bertz CT molecular complexity index is 2270. The van der Waals surface area contributed by atoms with Crippen molar-refractivity contribution in [3.05, 3.63) is 81.5 Å². The van der Waals surface area contributed by atoms with Gasteiger partial charge in [-0.05, 0) is 85.7 Å². The molecule has 6 heterocycles. The predicted molar refractivity (Wildman–Crippen MR) is 210 cm³/mol. The highest BCUT2D eigenvalue weighted by Crippen LogP contribution is 2.39. The topological polar surface area (TPSA) is 140 Å². The van der Waals surface area contributed by atoms with Crippen LogP contribution >= 0.6 is 0 Å². The van der Waals surface area contributed by atoms with Crippen LogP contribution in [0, 0.1) is 5.92 Å². The second kappa shape index (κ2) is 16.0. The summed E-state index contributed by atoms with van der Waals surface area (Å²) < 4.78 is 52.3. The number of pyridine rings is 2. The van der Waals surface area contributed by atoms with Crippen LogP contribution in [0.15, 0.2) is 53.6 Å². The van der Waals surface area contributed by atoms with Crippen molar-refractivity contribution >= 4 is 34.2 Å². The van der Waals surface area contributed by atoms with Gasteiger partial charge in [-0.25, -0.2) is 0 Å². The molecule has 13 nitrogen and oxygen atoms in total. The number of halogens is 3. The maximum absolute atomic E-state index is 13.6. The number of fused-ring (bicyclic) bond motifs is 2. The molecule has 0 saturated carbocycles. The van der Waals surface area contributed by atoms with E-state index in [1.54, 1.807) is 31.3 Å². The Morgan fingerprint density at radius 2 is 1.55 bits per heavy atom. The fourth-order valence-corrected chi connectivity index (χ4v) is 8.84. The molecule has 0 spiro atoms. The third kappa shape index (κ3) is 7.86. The average Bonchev–Trinajstić information content (AvgIpc) is 3.55. The van der Waals surface area contributed by atoms with E-state index in [1.165, 1.54) is 6.20 Å². The third-order valence-electron chi connectivity index (χ3n) is 12.2. The summed E-state index contributed by atoms with van der Waals surface area (Å²) in [5, 5.41) is 2.54. The predicted octanol–water partition coefficient (Wildman–Crippen LogP) is 4.81. The second-order valence-corrected chi connectivity index (χ2v) is 15.6. The molecule has 1 atom stereocenters. The first kappa shape index (κ1) is 39.4. The lowest BCUT2D eigenvalue weighted by atomic mass is 9.92. The number of hydrogen-bond donors (Lipinski definition) is 2. The largest absolute Gasteiger partial charge is 0.496 e. The van der Waals surface area contributed by atoms with Crippen molar-refractivity contribution in [3.8, 4) is 22.6 Å². The van der Waals surface area contributed by atoms with Gasteiger partial charge in [-0.15, -0.1) is 0 Å². The average molecular weight is 802 g/mol. The number of H-pyrrole nitrogens is 1. The number of nitrogens with zero attached hydrogens (tertiary/aromatic N) is 5. The molecule has 16 heteroatoms. The summed E-state index contributed by atoms with van der Waals surface area (Å²) in [6.07, 6.45) is 1.57. The van der Waals surface area contributed by atoms with Crippen molar-refractivity contribution in [1.82, 2.24) is 30.0 Å². The minimum atomic E-state index is -4.67. The van der Waals surface area contributed by atoms with Gasteiger partial charge in [0.2, 0.25) is 11.8 Å². The third-order valence-corrected chi connectivity index (χ3v) is 12.2. The zero-order valence-electron chi connectivity index (χ0n) is 32.5. The molecule has 2 N–H and O–H groups in total. The van der Waals surface area contributed by atoms with E-state index < -0.39 is 29.4 Å². The number of benzene rings is 2. The number of piperazine rings is 1. The fraction of sp³-hybridized carbons (Fsp3) is 0.452. The van der Waals surface area contributed by atoms with Crippen molar-refractivity contribution < 1.29 is 37.0 Å². The van der Waals surface area contributed by atoms with Gasteiger partial charge >= 0.3 is 6.18 Å². The van der Waals surface area contributed by atoms with E-state index in [9.17, 15) is 32.3 Å². The molecule has 4 aliphatic heterocycles. The molecule has 3 saturated heterocycles. The molecule has 0 bridgehead atoms. The molecule has 4 aliphatic rings. The number of methoxy groups -OCH3 is 2. The summed E-state index contributed by atoms with van der Waals surface area (Å²) in [6, 6.07) is 9.78. The Labute approximate surface area is 333 Å². The quantitative estimate of drug-likeness (QED) is 0.215. The molecule has 8 rings (SSSR count). The first-order valence-electron chi connectivity index (χ1n) is 19.7. The van der Waals surface area contributed by atoms with Gasteiger partial charge in [-0.1, -0.05) is 0 Å². The molecule has 4 aromatic rings. The van der Waals surface area contributed by atoms with E-state index in [-0.39, 0.29) is 29.0 Å². The standard InChI is InChI=1S/C42H46F3N7O6/c1-57-35-18-26(31-21-47-39(54)32-22-46-37(20-30(31)32)42(43,44)45)19-36(58-2)33(35)24-50-15-13-49(14-16-50)10-7-25-8-11-51(12-9-25)28-3-4-29-27(17-28)23-52(41(29)56)34-5-6-38(53)48-40(34)55/h3-4,17-22,25,34H,5-16,23-24H2,1-2H3,(H,47,54)(H,48,53,55). The number of rotatable bonds is 10. The number of piperidine rings is 2. The molecule has 0 radical (unpaired) electrons. The number of ether oxygens (including phenoxy) is 2. The second-order valence-electron chi connectivity index (χ2n) is 15.6. The number of aromatic amines is 1. The molecule has 2 aromatic heterocycles. The van der Waals surface area contributed by atoms with Gasteiger partial charge < -0.3 is 29.2 Å². The number of nitrogens with one attached hydrogen (secondary N) is 2. The summed E-state index contributed by atoms with van der Waals surface area (Å²) in [6.45, 7) is 7.39. The molecule has 306 valence electrons. The van der Waals surface area contributed by atoms with E-state index in [1.807, 2.05) is 12.1 Å². The smallest absolute Gasteiger partial charge is 0.433 e. The number of imide groups is 1. The zero-order valence-corrected chi connectivity index (χ0v) is 32.5. The molecule has 3 amide bonds. The Kier molecular flexibility index (Phi) is 10.9. The lowest BCUT2D eigenvalue weighted by Gasteiger charge is -2.37. The molecular weight excluding hydrogens is 755 g/mol. The molecule has 1 unspecified atom stereocenters. The van der Waals surface area contributed by atoms with Crippen molar-refractivity contribution in [2.75, 3.05) is 64.9 Å². The number of hydrogen-bond acceptors (Lipinski definition) is 10. The Hall–Kier alpha value is -5.48. The number of alkyl halides is 3. The van der Waals surface area contributed by atoms with Crippen LogP contribution in [0.3, 0.4) is 0 Å². The van der Waals surface area contributed by atoms with Gasteiger partial charge in [0, 0.05) is 93.4 Å². The highest BCUT2D eigenvalue weighted by molar-refractivity contribution is 6.05. The molecule has 2 aromatic carbocycles. The van der Waals surface area contributed by atoms with Gasteiger partial charge in [0.15, 0.2) is 0 Å².